The van der Waals surface area contributed by atoms with Gasteiger partial charge in [-0.25, -0.2) is 0 Å². The van der Waals surface area contributed by atoms with Crippen molar-refractivity contribution in [3.05, 3.63) is 47.5 Å². The van der Waals surface area contributed by atoms with Crippen LogP contribution < -0.4 is 10.9 Å². The summed E-state index contributed by atoms with van der Waals surface area (Å²) in [5.41, 5.74) is 6.19. The first kappa shape index (κ1) is 15.3. The molecule has 2 aliphatic carbocycles. The molecule has 3 rings (SSSR count). The van der Waals surface area contributed by atoms with Gasteiger partial charge in [0.25, 0.3) is 5.91 Å². The Morgan fingerprint density at radius 2 is 1.61 bits per heavy atom. The van der Waals surface area contributed by atoms with Gasteiger partial charge in [0.2, 0.25) is 5.91 Å². The zero-order valence-corrected chi connectivity index (χ0v) is 12.7. The van der Waals surface area contributed by atoms with E-state index in [9.17, 15) is 19.5 Å². The first-order chi connectivity index (χ1) is 11.0. The molecule has 23 heavy (non-hydrogen) atoms. The first-order valence-electron chi connectivity index (χ1n) is 7.55. The van der Waals surface area contributed by atoms with E-state index in [1.807, 2.05) is 19.1 Å². The third kappa shape index (κ3) is 2.84. The zero-order chi connectivity index (χ0) is 16.6. The predicted molar refractivity (Wildman–Crippen MR) is 82.1 cm³/mol. The van der Waals surface area contributed by atoms with E-state index < -0.39 is 29.6 Å². The molecule has 0 spiro atoms. The van der Waals surface area contributed by atoms with Crippen LogP contribution in [-0.4, -0.2) is 22.9 Å². The number of fused-ring (bicyclic) bond motifs is 2. The minimum Gasteiger partial charge on any atom is -0.481 e. The highest BCUT2D eigenvalue weighted by Gasteiger charge is 2.51. The fraction of sp³-hybridized carbons (Fsp3) is 0.353. The van der Waals surface area contributed by atoms with Crippen molar-refractivity contribution in [3.8, 4) is 0 Å². The van der Waals surface area contributed by atoms with Gasteiger partial charge in [-0.05, 0) is 37.3 Å². The van der Waals surface area contributed by atoms with Gasteiger partial charge in [0.15, 0.2) is 0 Å². The highest BCUT2D eigenvalue weighted by molar-refractivity contribution is 5.96. The molecule has 6 heteroatoms. The summed E-state index contributed by atoms with van der Waals surface area (Å²) in [5.74, 6) is -3.37. The van der Waals surface area contributed by atoms with Crippen LogP contribution in [0.25, 0.3) is 0 Å². The predicted octanol–water partition coefficient (Wildman–Crippen LogP) is 1.28. The summed E-state index contributed by atoms with van der Waals surface area (Å²) in [7, 11) is 0. The lowest BCUT2D eigenvalue weighted by Crippen LogP contribution is -2.48. The van der Waals surface area contributed by atoms with Crippen molar-refractivity contribution >= 4 is 17.8 Å². The number of hydrazine groups is 1. The fourth-order valence-electron chi connectivity index (χ4n) is 3.50. The molecule has 6 nitrogen and oxygen atoms in total. The average Bonchev–Trinajstić information content (AvgIpc) is 3.13. The smallest absolute Gasteiger partial charge is 0.307 e. The number of aryl methyl sites for hydroxylation is 1. The minimum absolute atomic E-state index is 0.0719. The number of hydrogen-bond acceptors (Lipinski definition) is 3. The van der Waals surface area contributed by atoms with Crippen molar-refractivity contribution in [2.75, 3.05) is 0 Å². The van der Waals surface area contributed by atoms with Crippen LogP contribution in [0.1, 0.15) is 22.3 Å². The van der Waals surface area contributed by atoms with Crippen molar-refractivity contribution < 1.29 is 19.5 Å². The Labute approximate surface area is 133 Å². The molecule has 2 aliphatic rings. The molecule has 0 heterocycles. The summed E-state index contributed by atoms with van der Waals surface area (Å²) >= 11 is 0. The highest BCUT2D eigenvalue weighted by Crippen LogP contribution is 2.48. The Balaban J connectivity index is 1.63. The Bertz CT molecular complexity index is 680. The van der Waals surface area contributed by atoms with Gasteiger partial charge in [0.1, 0.15) is 0 Å². The van der Waals surface area contributed by atoms with Crippen LogP contribution >= 0.6 is 0 Å². The number of allylic oxidation sites excluding steroid dienone is 2. The van der Waals surface area contributed by atoms with E-state index in [4.69, 9.17) is 0 Å². The monoisotopic (exact) mass is 314 g/mol. The number of aliphatic carboxylic acids is 1. The number of carboxylic acid groups (broad SMARTS) is 1. The minimum atomic E-state index is -0.966. The molecule has 2 bridgehead atoms. The van der Waals surface area contributed by atoms with Crippen molar-refractivity contribution in [2.24, 2.45) is 23.7 Å². The summed E-state index contributed by atoms with van der Waals surface area (Å²) in [6, 6.07) is 6.93. The Kier molecular flexibility index (Phi) is 3.90. The van der Waals surface area contributed by atoms with E-state index in [-0.39, 0.29) is 11.8 Å². The quantitative estimate of drug-likeness (QED) is 0.578. The molecule has 0 saturated heterocycles. The molecule has 1 aromatic rings. The van der Waals surface area contributed by atoms with E-state index in [0.717, 1.165) is 5.56 Å². The Morgan fingerprint density at radius 1 is 1.00 bits per heavy atom. The maximum atomic E-state index is 12.3. The van der Waals surface area contributed by atoms with Crippen LogP contribution in [-0.2, 0) is 9.59 Å². The Morgan fingerprint density at radius 3 is 2.22 bits per heavy atom. The van der Waals surface area contributed by atoms with Gasteiger partial charge in [-0.3, -0.25) is 25.2 Å². The molecule has 4 atom stereocenters. The maximum absolute atomic E-state index is 12.3. The van der Waals surface area contributed by atoms with Gasteiger partial charge in [-0.1, -0.05) is 29.8 Å². The molecule has 2 amide bonds. The van der Waals surface area contributed by atoms with Crippen molar-refractivity contribution in [1.29, 1.82) is 0 Å². The zero-order valence-electron chi connectivity index (χ0n) is 12.7. The second kappa shape index (κ2) is 5.87. The topological polar surface area (TPSA) is 95.5 Å². The van der Waals surface area contributed by atoms with Crippen LogP contribution in [0.15, 0.2) is 36.4 Å². The van der Waals surface area contributed by atoms with Gasteiger partial charge in [-0.15, -0.1) is 0 Å². The van der Waals surface area contributed by atoms with E-state index in [1.54, 1.807) is 24.3 Å². The van der Waals surface area contributed by atoms with E-state index in [2.05, 4.69) is 10.9 Å². The lowest BCUT2D eigenvalue weighted by molar-refractivity contribution is -0.148. The van der Waals surface area contributed by atoms with Crippen molar-refractivity contribution in [1.82, 2.24) is 10.9 Å². The standard InChI is InChI=1S/C17H18N2O4/c1-9-2-4-10(5-3-9)15(20)18-19-16(21)13-11-6-7-12(8-11)14(13)17(22)23/h2-7,11-14H,8H2,1H3,(H,18,20)(H,19,21)(H,22,23)/t11-,12-,13-,14+/m0/s1. The number of rotatable bonds is 3. The van der Waals surface area contributed by atoms with Crippen molar-refractivity contribution in [3.63, 3.8) is 0 Å². The third-order valence-corrected chi connectivity index (χ3v) is 4.66. The third-order valence-electron chi connectivity index (χ3n) is 4.66. The molecule has 120 valence electrons. The maximum Gasteiger partial charge on any atom is 0.307 e. The van der Waals surface area contributed by atoms with Gasteiger partial charge >= 0.3 is 5.97 Å². The molecular weight excluding hydrogens is 296 g/mol. The summed E-state index contributed by atoms with van der Waals surface area (Å²) in [4.78, 5) is 35.7. The second-order valence-electron chi connectivity index (χ2n) is 6.15. The summed E-state index contributed by atoms with van der Waals surface area (Å²) in [5, 5.41) is 9.33. The lowest BCUT2D eigenvalue weighted by Gasteiger charge is -2.23. The molecule has 1 aromatic carbocycles. The second-order valence-corrected chi connectivity index (χ2v) is 6.15. The molecule has 1 saturated carbocycles. The molecule has 1 fully saturated rings. The average molecular weight is 314 g/mol. The molecule has 3 N–H and O–H groups in total. The highest BCUT2D eigenvalue weighted by atomic mass is 16.4. The van der Waals surface area contributed by atoms with Gasteiger partial charge in [0.05, 0.1) is 11.8 Å². The first-order valence-corrected chi connectivity index (χ1v) is 7.55. The van der Waals surface area contributed by atoms with Crippen molar-refractivity contribution in [2.45, 2.75) is 13.3 Å². The molecule has 0 aliphatic heterocycles. The SMILES string of the molecule is Cc1ccc(C(=O)NNC(=O)[C@@H]2[C@H](C(=O)O)[C@H]3C=C[C@H]2C3)cc1. The molecule has 0 unspecified atom stereocenters. The van der Waals surface area contributed by atoms with Crippen LogP contribution in [0, 0.1) is 30.6 Å². The van der Waals surface area contributed by atoms with Crippen LogP contribution in [0.2, 0.25) is 0 Å². The van der Waals surface area contributed by atoms with Crippen LogP contribution in [0.5, 0.6) is 0 Å². The van der Waals surface area contributed by atoms with Crippen LogP contribution in [0.3, 0.4) is 0 Å². The normalized spacial score (nSPS) is 27.7. The lowest BCUT2D eigenvalue weighted by atomic mass is 9.82. The molecule has 0 radical (unpaired) electrons. The number of amides is 2. The summed E-state index contributed by atoms with van der Waals surface area (Å²) < 4.78 is 0. The number of carbonyl (C=O) groups excluding carboxylic acids is 2. The summed E-state index contributed by atoms with van der Waals surface area (Å²) in [6.07, 6.45) is 4.45. The number of carboxylic acids is 1. The number of hydrogen-bond donors (Lipinski definition) is 3. The van der Waals surface area contributed by atoms with E-state index in [1.165, 1.54) is 0 Å². The van der Waals surface area contributed by atoms with Gasteiger partial charge in [0, 0.05) is 5.56 Å². The largest absolute Gasteiger partial charge is 0.481 e. The fourth-order valence-corrected chi connectivity index (χ4v) is 3.50. The molecular formula is C17H18N2O4. The number of nitrogens with one attached hydrogen (secondary N) is 2. The summed E-state index contributed by atoms with van der Waals surface area (Å²) in [6.45, 7) is 1.91. The van der Waals surface area contributed by atoms with E-state index >= 15 is 0 Å². The number of benzene rings is 1. The number of carbonyl (C=O) groups is 3. The Hall–Kier alpha value is -2.63. The van der Waals surface area contributed by atoms with Gasteiger partial charge < -0.3 is 5.11 Å². The van der Waals surface area contributed by atoms with E-state index in [0.29, 0.717) is 12.0 Å². The van der Waals surface area contributed by atoms with Gasteiger partial charge in [-0.2, -0.15) is 0 Å². The van der Waals surface area contributed by atoms with Crippen LogP contribution in [0.4, 0.5) is 0 Å². The molecule has 0 aromatic heterocycles.